The van der Waals surface area contributed by atoms with Gasteiger partial charge in [-0.3, -0.25) is 0 Å². The number of carbonyl (C=O) groups is 2. The van der Waals surface area contributed by atoms with E-state index in [9.17, 15) is 9.59 Å². The van der Waals surface area contributed by atoms with Gasteiger partial charge in [-0.05, 0) is 25.7 Å². The molecule has 0 unspecified atom stereocenters. The first kappa shape index (κ1) is 12.2. The smallest absolute Gasteiger partial charge is 0.339 e. The van der Waals surface area contributed by atoms with Gasteiger partial charge in [0.1, 0.15) is 0 Å². The Morgan fingerprint density at radius 3 is 1.62 bits per heavy atom. The van der Waals surface area contributed by atoms with Crippen LogP contribution in [0.25, 0.3) is 0 Å². The average molecular weight is 222 g/mol. The molecule has 0 amide bonds. The van der Waals surface area contributed by atoms with Gasteiger partial charge in [0.05, 0.1) is 12.5 Å². The molecule has 0 radical (unpaired) electrons. The van der Waals surface area contributed by atoms with E-state index < -0.39 is 11.9 Å². The first-order valence-corrected chi connectivity index (χ1v) is 5.06. The molecular weight excluding hydrogens is 208 g/mol. The number of rotatable bonds is 4. The van der Waals surface area contributed by atoms with Crippen molar-refractivity contribution < 1.29 is 19.1 Å². The molecule has 0 N–H and O–H groups in total. The van der Waals surface area contributed by atoms with Crippen molar-refractivity contribution in [1.29, 1.82) is 0 Å². The van der Waals surface area contributed by atoms with Crippen LogP contribution in [0.2, 0.25) is 0 Å². The summed E-state index contributed by atoms with van der Waals surface area (Å²) in [5, 5.41) is 0. The molecule has 0 atom stereocenters. The Labute approximate surface area is 94.2 Å². The van der Waals surface area contributed by atoms with Crippen LogP contribution in [0.4, 0.5) is 0 Å². The molecule has 0 saturated heterocycles. The maximum absolute atomic E-state index is 11.5. The van der Waals surface area contributed by atoms with Gasteiger partial charge in [-0.2, -0.15) is 0 Å². The summed E-state index contributed by atoms with van der Waals surface area (Å²) in [6, 6.07) is 0. The monoisotopic (exact) mass is 222 g/mol. The Kier molecular flexibility index (Phi) is 4.51. The van der Waals surface area contributed by atoms with E-state index >= 15 is 0 Å². The van der Waals surface area contributed by atoms with E-state index in [-0.39, 0.29) is 0 Å². The summed E-state index contributed by atoms with van der Waals surface area (Å²) in [7, 11) is 0. The van der Waals surface area contributed by atoms with E-state index in [1.165, 1.54) is 0 Å². The normalized spacial score (nSPS) is 15.2. The third kappa shape index (κ3) is 2.82. The van der Waals surface area contributed by atoms with Crippen LogP contribution in [0, 0.1) is 0 Å². The minimum atomic E-state index is -0.522. The molecule has 16 heavy (non-hydrogen) atoms. The minimum Gasteiger partial charge on any atom is -0.432 e. The summed E-state index contributed by atoms with van der Waals surface area (Å²) in [5.41, 5.74) is 0.774. The van der Waals surface area contributed by atoms with Crippen molar-refractivity contribution >= 4 is 11.9 Å². The van der Waals surface area contributed by atoms with Crippen LogP contribution in [0.3, 0.4) is 0 Å². The number of esters is 2. The van der Waals surface area contributed by atoms with Crippen molar-refractivity contribution in [2.75, 3.05) is 0 Å². The highest BCUT2D eigenvalue weighted by Gasteiger charge is 2.25. The van der Waals surface area contributed by atoms with Crippen molar-refractivity contribution in [3.63, 3.8) is 0 Å². The van der Waals surface area contributed by atoms with Gasteiger partial charge in [-0.25, -0.2) is 9.59 Å². The molecule has 86 valence electrons. The number of hydrogen-bond acceptors (Lipinski definition) is 4. The average Bonchev–Trinajstić information content (AvgIpc) is 2.30. The zero-order valence-corrected chi connectivity index (χ0v) is 9.03. The van der Waals surface area contributed by atoms with Crippen molar-refractivity contribution in [2.45, 2.75) is 25.7 Å². The van der Waals surface area contributed by atoms with E-state index in [0.717, 1.165) is 25.4 Å². The van der Waals surface area contributed by atoms with Gasteiger partial charge in [0, 0.05) is 11.1 Å². The van der Waals surface area contributed by atoms with Gasteiger partial charge in [0.15, 0.2) is 0 Å². The largest absolute Gasteiger partial charge is 0.432 e. The lowest BCUT2D eigenvalue weighted by Crippen LogP contribution is -2.17. The van der Waals surface area contributed by atoms with Crippen molar-refractivity contribution in [2.24, 2.45) is 0 Å². The molecule has 0 bridgehead atoms. The summed E-state index contributed by atoms with van der Waals surface area (Å²) < 4.78 is 9.35. The van der Waals surface area contributed by atoms with E-state index in [2.05, 4.69) is 22.6 Å². The Balaban J connectivity index is 2.94. The third-order valence-electron chi connectivity index (χ3n) is 2.34. The molecule has 0 saturated carbocycles. The van der Waals surface area contributed by atoms with Crippen molar-refractivity contribution in [1.82, 2.24) is 0 Å². The second-order valence-electron chi connectivity index (χ2n) is 3.31. The highest BCUT2D eigenvalue weighted by molar-refractivity contribution is 6.00. The molecule has 0 aromatic rings. The topological polar surface area (TPSA) is 52.6 Å². The SMILES string of the molecule is C=COC(=O)C1=C(C(=O)OC=C)CCCC1. The lowest BCUT2D eigenvalue weighted by atomic mass is 9.92. The maximum Gasteiger partial charge on any atom is 0.339 e. The molecule has 0 heterocycles. The molecule has 1 aliphatic carbocycles. The van der Waals surface area contributed by atoms with Gasteiger partial charge in [0.25, 0.3) is 0 Å². The van der Waals surface area contributed by atoms with Crippen LogP contribution in [-0.4, -0.2) is 11.9 Å². The summed E-state index contributed by atoms with van der Waals surface area (Å²) in [6.07, 6.45) is 4.92. The summed E-state index contributed by atoms with van der Waals surface area (Å²) in [4.78, 5) is 23.1. The van der Waals surface area contributed by atoms with Crippen LogP contribution >= 0.6 is 0 Å². The molecule has 0 aromatic heterocycles. The van der Waals surface area contributed by atoms with Gasteiger partial charge in [-0.15, -0.1) is 0 Å². The second-order valence-corrected chi connectivity index (χ2v) is 3.31. The fourth-order valence-corrected chi connectivity index (χ4v) is 1.65. The molecule has 4 nitrogen and oxygen atoms in total. The molecule has 0 spiro atoms. The van der Waals surface area contributed by atoms with Gasteiger partial charge in [0.2, 0.25) is 0 Å². The predicted molar refractivity (Wildman–Crippen MR) is 58.1 cm³/mol. The Morgan fingerprint density at radius 1 is 0.938 bits per heavy atom. The van der Waals surface area contributed by atoms with Crippen molar-refractivity contribution in [3.8, 4) is 0 Å². The first-order chi connectivity index (χ1) is 7.70. The van der Waals surface area contributed by atoms with Crippen molar-refractivity contribution in [3.05, 3.63) is 36.8 Å². The van der Waals surface area contributed by atoms with Crippen LogP contribution in [0.5, 0.6) is 0 Å². The van der Waals surface area contributed by atoms with Gasteiger partial charge >= 0.3 is 11.9 Å². The first-order valence-electron chi connectivity index (χ1n) is 5.06. The van der Waals surface area contributed by atoms with Gasteiger partial charge in [-0.1, -0.05) is 13.2 Å². The Morgan fingerprint density at radius 2 is 1.31 bits per heavy atom. The predicted octanol–water partition coefficient (Wildman–Crippen LogP) is 2.23. The molecule has 1 aliphatic rings. The fraction of sp³-hybridized carbons (Fsp3) is 0.333. The summed E-state index contributed by atoms with van der Waals surface area (Å²) >= 11 is 0. The highest BCUT2D eigenvalue weighted by atomic mass is 16.5. The van der Waals surface area contributed by atoms with Crippen LogP contribution in [-0.2, 0) is 19.1 Å². The molecule has 4 heteroatoms. The number of hydrogen-bond donors (Lipinski definition) is 0. The van der Waals surface area contributed by atoms with Crippen LogP contribution in [0.15, 0.2) is 36.8 Å². The highest BCUT2D eigenvalue weighted by Crippen LogP contribution is 2.26. The maximum atomic E-state index is 11.5. The zero-order valence-electron chi connectivity index (χ0n) is 9.03. The number of ether oxygens (including phenoxy) is 2. The lowest BCUT2D eigenvalue weighted by Gasteiger charge is -2.16. The molecule has 0 fully saturated rings. The molecule has 0 aliphatic heterocycles. The van der Waals surface area contributed by atoms with Crippen LogP contribution in [0.1, 0.15) is 25.7 Å². The minimum absolute atomic E-state index is 0.387. The zero-order chi connectivity index (χ0) is 12.0. The van der Waals surface area contributed by atoms with E-state index in [1.807, 2.05) is 0 Å². The Bertz CT molecular complexity index is 318. The molecule has 0 aromatic carbocycles. The third-order valence-corrected chi connectivity index (χ3v) is 2.34. The molecule has 1 rings (SSSR count). The van der Waals surface area contributed by atoms with E-state index in [1.54, 1.807) is 0 Å². The number of carbonyl (C=O) groups excluding carboxylic acids is 2. The summed E-state index contributed by atoms with van der Waals surface area (Å²) in [6.45, 7) is 6.61. The standard InChI is InChI=1S/C12H14O4/c1-3-15-11(13)9-7-5-6-8-10(9)12(14)16-4-2/h3-4H,1-2,5-8H2. The molecular formula is C12H14O4. The summed E-state index contributed by atoms with van der Waals surface area (Å²) in [5.74, 6) is -1.04. The van der Waals surface area contributed by atoms with E-state index in [4.69, 9.17) is 0 Å². The Hall–Kier alpha value is -1.84. The van der Waals surface area contributed by atoms with Crippen LogP contribution < -0.4 is 0 Å². The quantitative estimate of drug-likeness (QED) is 0.540. The fourth-order valence-electron chi connectivity index (χ4n) is 1.65. The van der Waals surface area contributed by atoms with E-state index in [0.29, 0.717) is 24.0 Å². The van der Waals surface area contributed by atoms with Gasteiger partial charge < -0.3 is 9.47 Å². The second kappa shape index (κ2) is 5.90. The lowest BCUT2D eigenvalue weighted by molar-refractivity contribution is -0.137.